The number of nitrogens with zero attached hydrogens (tertiary/aromatic N) is 1. The molecule has 0 saturated carbocycles. The van der Waals surface area contributed by atoms with Gasteiger partial charge in [-0.3, -0.25) is 10.1 Å². The van der Waals surface area contributed by atoms with Crippen LogP contribution < -0.4 is 4.74 Å². The molecular formula is C12H16BrNO3S. The van der Waals surface area contributed by atoms with Crippen molar-refractivity contribution in [2.24, 2.45) is 5.92 Å². The molecule has 0 aliphatic heterocycles. The number of benzene rings is 1. The van der Waals surface area contributed by atoms with Gasteiger partial charge in [-0.05, 0) is 18.2 Å². The van der Waals surface area contributed by atoms with Gasteiger partial charge in [-0.25, -0.2) is 0 Å². The van der Waals surface area contributed by atoms with Crippen molar-refractivity contribution in [3.63, 3.8) is 0 Å². The largest absolute Gasteiger partial charge is 0.493 e. The number of ether oxygens (including phenoxy) is 1. The van der Waals surface area contributed by atoms with Crippen molar-refractivity contribution in [1.29, 1.82) is 0 Å². The van der Waals surface area contributed by atoms with Crippen LogP contribution in [0.3, 0.4) is 0 Å². The summed E-state index contributed by atoms with van der Waals surface area (Å²) in [6.45, 7) is 2.64. The predicted octanol–water partition coefficient (Wildman–Crippen LogP) is 4.08. The Bertz CT molecular complexity index is 414. The number of non-ortho nitro benzene ring substituents is 1. The van der Waals surface area contributed by atoms with Gasteiger partial charge in [-0.15, -0.1) is 0 Å². The van der Waals surface area contributed by atoms with Crippen molar-refractivity contribution >= 4 is 34.2 Å². The van der Waals surface area contributed by atoms with Crippen molar-refractivity contribution in [2.75, 3.05) is 12.4 Å². The first-order valence-corrected chi connectivity index (χ1v) is 7.18. The van der Waals surface area contributed by atoms with Crippen LogP contribution in [0, 0.1) is 16.0 Å². The lowest BCUT2D eigenvalue weighted by atomic mass is 10.1. The van der Waals surface area contributed by atoms with Crippen LogP contribution in [0.1, 0.15) is 19.8 Å². The molecule has 1 aromatic rings. The number of nitro benzene ring substituents is 1. The van der Waals surface area contributed by atoms with Crippen LogP contribution in [0.25, 0.3) is 0 Å². The van der Waals surface area contributed by atoms with E-state index in [-0.39, 0.29) is 5.69 Å². The SMILES string of the molecule is CCCC(CS)COc1cc(Br)cc([N+](=O)[O-])c1. The molecule has 4 nitrogen and oxygen atoms in total. The van der Waals surface area contributed by atoms with Gasteiger partial charge >= 0.3 is 0 Å². The molecule has 1 aromatic carbocycles. The van der Waals surface area contributed by atoms with E-state index in [0.29, 0.717) is 22.7 Å². The Hall–Kier alpha value is -0.750. The van der Waals surface area contributed by atoms with Crippen LogP contribution in [0.4, 0.5) is 5.69 Å². The van der Waals surface area contributed by atoms with Gasteiger partial charge in [0.25, 0.3) is 5.69 Å². The van der Waals surface area contributed by atoms with Gasteiger partial charge in [-0.1, -0.05) is 29.3 Å². The van der Waals surface area contributed by atoms with Crippen LogP contribution in [0.15, 0.2) is 22.7 Å². The summed E-state index contributed by atoms with van der Waals surface area (Å²) in [7, 11) is 0. The Morgan fingerprint density at radius 1 is 1.50 bits per heavy atom. The van der Waals surface area contributed by atoms with E-state index < -0.39 is 4.92 Å². The number of thiol groups is 1. The molecule has 1 rings (SSSR count). The Morgan fingerprint density at radius 3 is 2.78 bits per heavy atom. The zero-order valence-electron chi connectivity index (χ0n) is 10.1. The molecule has 0 saturated heterocycles. The van der Waals surface area contributed by atoms with Gasteiger partial charge in [0.2, 0.25) is 0 Å². The Balaban J connectivity index is 2.69. The monoisotopic (exact) mass is 333 g/mol. The third-order valence-electron chi connectivity index (χ3n) is 2.51. The molecule has 0 radical (unpaired) electrons. The molecule has 0 aromatic heterocycles. The van der Waals surface area contributed by atoms with E-state index in [2.05, 4.69) is 35.5 Å². The Labute approximate surface area is 120 Å². The first kappa shape index (κ1) is 15.3. The first-order valence-electron chi connectivity index (χ1n) is 5.75. The highest BCUT2D eigenvalue weighted by Crippen LogP contribution is 2.26. The van der Waals surface area contributed by atoms with E-state index in [0.717, 1.165) is 18.6 Å². The number of hydrogen-bond acceptors (Lipinski definition) is 4. The second kappa shape index (κ2) is 7.63. The fraction of sp³-hybridized carbons (Fsp3) is 0.500. The molecule has 1 atom stereocenters. The third-order valence-corrected chi connectivity index (χ3v) is 3.48. The van der Waals surface area contributed by atoms with E-state index in [1.165, 1.54) is 12.1 Å². The first-order chi connectivity index (χ1) is 8.56. The van der Waals surface area contributed by atoms with E-state index in [4.69, 9.17) is 4.74 Å². The van der Waals surface area contributed by atoms with Crippen molar-refractivity contribution in [2.45, 2.75) is 19.8 Å². The maximum Gasteiger partial charge on any atom is 0.274 e. The number of halogens is 1. The molecular weight excluding hydrogens is 318 g/mol. The van der Waals surface area contributed by atoms with Crippen LogP contribution in [-0.2, 0) is 0 Å². The summed E-state index contributed by atoms with van der Waals surface area (Å²) in [4.78, 5) is 10.3. The molecule has 0 aliphatic rings. The average Bonchev–Trinajstić information content (AvgIpc) is 2.33. The molecule has 1 unspecified atom stereocenters. The van der Waals surface area contributed by atoms with Crippen molar-refractivity contribution < 1.29 is 9.66 Å². The highest BCUT2D eigenvalue weighted by atomic mass is 79.9. The second-order valence-electron chi connectivity index (χ2n) is 4.05. The highest BCUT2D eigenvalue weighted by Gasteiger charge is 2.11. The van der Waals surface area contributed by atoms with Crippen molar-refractivity contribution in [3.8, 4) is 5.75 Å². The Kier molecular flexibility index (Phi) is 6.49. The van der Waals surface area contributed by atoms with Gasteiger partial charge in [0.15, 0.2) is 0 Å². The third kappa shape index (κ3) is 4.86. The molecule has 0 bridgehead atoms. The highest BCUT2D eigenvalue weighted by molar-refractivity contribution is 9.10. The van der Waals surface area contributed by atoms with Crippen LogP contribution >= 0.6 is 28.6 Å². The quantitative estimate of drug-likeness (QED) is 0.464. The fourth-order valence-corrected chi connectivity index (χ4v) is 2.33. The molecule has 0 N–H and O–H groups in total. The minimum absolute atomic E-state index is 0.0253. The average molecular weight is 334 g/mol. The molecule has 0 fully saturated rings. The van der Waals surface area contributed by atoms with Gasteiger partial charge in [0, 0.05) is 16.5 Å². The molecule has 100 valence electrons. The van der Waals surface area contributed by atoms with Crippen molar-refractivity contribution in [1.82, 2.24) is 0 Å². The molecule has 0 heterocycles. The molecule has 0 amide bonds. The van der Waals surface area contributed by atoms with E-state index in [1.54, 1.807) is 6.07 Å². The minimum atomic E-state index is -0.431. The number of hydrogen-bond donors (Lipinski definition) is 1. The van der Waals surface area contributed by atoms with Gasteiger partial charge < -0.3 is 4.74 Å². The summed E-state index contributed by atoms with van der Waals surface area (Å²) in [5.41, 5.74) is 0.0253. The summed E-state index contributed by atoms with van der Waals surface area (Å²) >= 11 is 7.51. The normalized spacial score (nSPS) is 12.2. The maximum absolute atomic E-state index is 10.7. The summed E-state index contributed by atoms with van der Waals surface area (Å²) in [5, 5.41) is 10.7. The van der Waals surface area contributed by atoms with Gasteiger partial charge in [0.1, 0.15) is 5.75 Å². The zero-order chi connectivity index (χ0) is 13.5. The lowest BCUT2D eigenvalue weighted by Gasteiger charge is -2.14. The summed E-state index contributed by atoms with van der Waals surface area (Å²) in [6, 6.07) is 4.62. The molecule has 18 heavy (non-hydrogen) atoms. The minimum Gasteiger partial charge on any atom is -0.493 e. The Morgan fingerprint density at radius 2 is 2.22 bits per heavy atom. The number of rotatable bonds is 7. The molecule has 0 spiro atoms. The fourth-order valence-electron chi connectivity index (χ4n) is 1.59. The van der Waals surface area contributed by atoms with E-state index in [1.807, 2.05) is 0 Å². The van der Waals surface area contributed by atoms with E-state index >= 15 is 0 Å². The second-order valence-corrected chi connectivity index (χ2v) is 5.33. The van der Waals surface area contributed by atoms with Gasteiger partial charge in [-0.2, -0.15) is 12.6 Å². The summed E-state index contributed by atoms with van der Waals surface area (Å²) in [6.07, 6.45) is 2.12. The van der Waals surface area contributed by atoms with Gasteiger partial charge in [0.05, 0.1) is 17.6 Å². The molecule has 6 heteroatoms. The van der Waals surface area contributed by atoms with E-state index in [9.17, 15) is 10.1 Å². The lowest BCUT2D eigenvalue weighted by molar-refractivity contribution is -0.385. The standard InChI is InChI=1S/C12H16BrNO3S/c1-2-3-9(8-18)7-17-12-5-10(13)4-11(6-12)14(15)16/h4-6,9,18H,2-3,7-8H2,1H3. The topological polar surface area (TPSA) is 52.4 Å². The number of nitro groups is 1. The van der Waals surface area contributed by atoms with Crippen molar-refractivity contribution in [3.05, 3.63) is 32.8 Å². The van der Waals surface area contributed by atoms with Crippen LogP contribution in [-0.4, -0.2) is 17.3 Å². The van der Waals surface area contributed by atoms with Crippen LogP contribution in [0.2, 0.25) is 0 Å². The zero-order valence-corrected chi connectivity index (χ0v) is 12.6. The lowest BCUT2D eigenvalue weighted by Crippen LogP contribution is -2.13. The summed E-state index contributed by atoms with van der Waals surface area (Å²) in [5.74, 6) is 1.64. The summed E-state index contributed by atoms with van der Waals surface area (Å²) < 4.78 is 6.24. The maximum atomic E-state index is 10.7. The predicted molar refractivity (Wildman–Crippen MR) is 78.5 cm³/mol. The molecule has 0 aliphatic carbocycles. The smallest absolute Gasteiger partial charge is 0.274 e. The van der Waals surface area contributed by atoms with Crippen LogP contribution in [0.5, 0.6) is 5.75 Å².